The zero-order chi connectivity index (χ0) is 18.2. The van der Waals surface area contributed by atoms with Gasteiger partial charge in [0.15, 0.2) is 0 Å². The van der Waals surface area contributed by atoms with Crippen molar-refractivity contribution in [2.24, 2.45) is 5.92 Å². The molecule has 2 aliphatic rings. The second-order valence-electron chi connectivity index (χ2n) is 8.06. The van der Waals surface area contributed by atoms with Gasteiger partial charge in [-0.05, 0) is 49.1 Å². The molecule has 2 fully saturated rings. The number of nitrogens with zero attached hydrogens (tertiary/aromatic N) is 4. The molecule has 0 N–H and O–H groups in total. The maximum Gasteiger partial charge on any atom is 0.242 e. The number of carbonyl (C=O) groups is 1. The van der Waals surface area contributed by atoms with Crippen LogP contribution in [0.25, 0.3) is 10.9 Å². The molecule has 0 unspecified atom stereocenters. The predicted octanol–water partition coefficient (Wildman–Crippen LogP) is 3.65. The fourth-order valence-corrected chi connectivity index (χ4v) is 4.35. The summed E-state index contributed by atoms with van der Waals surface area (Å²) in [6, 6.07) is 10.3. The van der Waals surface area contributed by atoms with Crippen molar-refractivity contribution in [1.29, 1.82) is 0 Å². The number of likely N-dealkylation sites (tertiary alicyclic amines) is 1. The molecular weight excluding hydrogens is 336 g/mol. The number of benzene rings is 1. The van der Waals surface area contributed by atoms with Gasteiger partial charge in [-0.25, -0.2) is 4.98 Å². The van der Waals surface area contributed by atoms with Crippen LogP contribution in [0.4, 0.5) is 0 Å². The highest BCUT2D eigenvalue weighted by Crippen LogP contribution is 2.33. The number of hydrogen-bond donors (Lipinski definition) is 0. The third-order valence-corrected chi connectivity index (χ3v) is 6.02. The molecule has 2 aromatic heterocycles. The van der Waals surface area contributed by atoms with Gasteiger partial charge in [-0.1, -0.05) is 18.2 Å². The van der Waals surface area contributed by atoms with E-state index in [9.17, 15) is 4.79 Å². The Bertz CT molecular complexity index is 952. The molecule has 140 valence electrons. The van der Waals surface area contributed by atoms with Gasteiger partial charge in [0.1, 0.15) is 12.4 Å². The van der Waals surface area contributed by atoms with Gasteiger partial charge < -0.3 is 14.0 Å². The van der Waals surface area contributed by atoms with E-state index in [4.69, 9.17) is 0 Å². The second-order valence-corrected chi connectivity index (χ2v) is 8.06. The maximum atomic E-state index is 13.0. The lowest BCUT2D eigenvalue weighted by atomic mass is 9.97. The van der Waals surface area contributed by atoms with Crippen molar-refractivity contribution in [2.75, 3.05) is 13.1 Å². The molecule has 1 atom stereocenters. The minimum absolute atomic E-state index is 0.210. The van der Waals surface area contributed by atoms with Crippen LogP contribution in [-0.2, 0) is 17.9 Å². The van der Waals surface area contributed by atoms with Crippen LogP contribution in [0.3, 0.4) is 0 Å². The molecule has 3 heterocycles. The number of hydrogen-bond acceptors (Lipinski definition) is 2. The lowest BCUT2D eigenvalue weighted by molar-refractivity contribution is -0.133. The first kappa shape index (κ1) is 16.6. The van der Waals surface area contributed by atoms with Gasteiger partial charge in [-0.15, -0.1) is 0 Å². The summed E-state index contributed by atoms with van der Waals surface area (Å²) in [4.78, 5) is 19.7. The van der Waals surface area contributed by atoms with Crippen LogP contribution in [0.1, 0.15) is 37.4 Å². The Kier molecular flexibility index (Phi) is 4.23. The Labute approximate surface area is 159 Å². The number of para-hydroxylation sites is 1. The summed E-state index contributed by atoms with van der Waals surface area (Å²) in [6.45, 7) is 3.16. The van der Waals surface area contributed by atoms with E-state index in [1.165, 1.54) is 24.1 Å². The molecule has 5 heteroatoms. The third-order valence-electron chi connectivity index (χ3n) is 6.02. The van der Waals surface area contributed by atoms with Crippen LogP contribution >= 0.6 is 0 Å². The quantitative estimate of drug-likeness (QED) is 0.695. The number of fused-ring (bicyclic) bond motifs is 1. The smallest absolute Gasteiger partial charge is 0.242 e. The van der Waals surface area contributed by atoms with Gasteiger partial charge >= 0.3 is 0 Å². The minimum atomic E-state index is 0.210. The largest absolute Gasteiger partial charge is 0.340 e. The molecule has 0 spiro atoms. The highest BCUT2D eigenvalue weighted by Gasteiger charge is 2.29. The second kappa shape index (κ2) is 6.87. The van der Waals surface area contributed by atoms with Gasteiger partial charge in [-0.3, -0.25) is 4.79 Å². The van der Waals surface area contributed by atoms with E-state index >= 15 is 0 Å². The third kappa shape index (κ3) is 3.38. The summed E-state index contributed by atoms with van der Waals surface area (Å²) in [6.07, 6.45) is 10.9. The van der Waals surface area contributed by atoms with Crippen LogP contribution in [0.15, 0.2) is 48.9 Å². The summed E-state index contributed by atoms with van der Waals surface area (Å²) >= 11 is 0. The van der Waals surface area contributed by atoms with Crippen LogP contribution in [0.2, 0.25) is 0 Å². The summed E-state index contributed by atoms with van der Waals surface area (Å²) in [7, 11) is 0. The van der Waals surface area contributed by atoms with Crippen molar-refractivity contribution in [1.82, 2.24) is 19.0 Å². The Morgan fingerprint density at radius 1 is 1.07 bits per heavy atom. The van der Waals surface area contributed by atoms with Gasteiger partial charge in [0.2, 0.25) is 5.91 Å². The van der Waals surface area contributed by atoms with E-state index < -0.39 is 0 Å². The maximum absolute atomic E-state index is 13.0. The standard InChI is InChI=1S/C22H26N4O/c27-21(16-24-12-9-18-4-1-2-6-20(18)24)25-11-3-5-19(15-25)22-23-10-13-26(22)14-17-7-8-17/h1-2,4,6,9-10,12-13,17,19H,3,5,7-8,11,14-16H2/t19-/m0/s1. The molecule has 5 rings (SSSR count). The number of aromatic nitrogens is 3. The van der Waals surface area contributed by atoms with E-state index in [1.807, 2.05) is 29.4 Å². The minimum Gasteiger partial charge on any atom is -0.340 e. The number of amides is 1. The zero-order valence-corrected chi connectivity index (χ0v) is 15.6. The summed E-state index contributed by atoms with van der Waals surface area (Å²) in [5, 5.41) is 1.18. The first-order valence-corrected chi connectivity index (χ1v) is 10.1. The molecule has 1 aromatic carbocycles. The topological polar surface area (TPSA) is 43.1 Å². The van der Waals surface area contributed by atoms with Crippen LogP contribution in [0.5, 0.6) is 0 Å². The molecule has 0 radical (unpaired) electrons. The number of piperidine rings is 1. The highest BCUT2D eigenvalue weighted by molar-refractivity contribution is 5.83. The van der Waals surface area contributed by atoms with E-state index in [0.717, 1.165) is 43.9 Å². The molecular formula is C22H26N4O. The first-order valence-electron chi connectivity index (χ1n) is 10.1. The Hall–Kier alpha value is -2.56. The normalized spacial score (nSPS) is 20.3. The summed E-state index contributed by atoms with van der Waals surface area (Å²) < 4.78 is 4.39. The highest BCUT2D eigenvalue weighted by atomic mass is 16.2. The van der Waals surface area contributed by atoms with Crippen molar-refractivity contribution in [3.05, 3.63) is 54.7 Å². The van der Waals surface area contributed by atoms with Gasteiger partial charge in [-0.2, -0.15) is 0 Å². The van der Waals surface area contributed by atoms with E-state index in [1.54, 1.807) is 0 Å². The predicted molar refractivity (Wildman–Crippen MR) is 105 cm³/mol. The van der Waals surface area contributed by atoms with Crippen molar-refractivity contribution in [2.45, 2.75) is 44.7 Å². The molecule has 1 saturated heterocycles. The zero-order valence-electron chi connectivity index (χ0n) is 15.6. The Morgan fingerprint density at radius 2 is 1.96 bits per heavy atom. The van der Waals surface area contributed by atoms with Crippen LogP contribution < -0.4 is 0 Å². The molecule has 27 heavy (non-hydrogen) atoms. The van der Waals surface area contributed by atoms with Crippen molar-refractivity contribution < 1.29 is 4.79 Å². The van der Waals surface area contributed by atoms with Gasteiger partial charge in [0, 0.05) is 49.7 Å². The van der Waals surface area contributed by atoms with E-state index in [0.29, 0.717) is 12.5 Å². The molecule has 1 amide bonds. The Balaban J connectivity index is 1.29. The first-order chi connectivity index (χ1) is 13.3. The Morgan fingerprint density at radius 3 is 2.85 bits per heavy atom. The summed E-state index contributed by atoms with van der Waals surface area (Å²) in [5.74, 6) is 2.58. The molecule has 1 aliphatic heterocycles. The van der Waals surface area contributed by atoms with Gasteiger partial charge in [0.05, 0.1) is 0 Å². The fraction of sp³-hybridized carbons (Fsp3) is 0.455. The monoisotopic (exact) mass is 362 g/mol. The SMILES string of the molecule is O=C(Cn1ccc2ccccc21)N1CCC[C@H](c2nccn2CC2CC2)C1. The van der Waals surface area contributed by atoms with E-state index in [2.05, 4.69) is 38.5 Å². The molecule has 3 aromatic rings. The molecule has 1 saturated carbocycles. The lowest BCUT2D eigenvalue weighted by Crippen LogP contribution is -2.41. The number of imidazole rings is 1. The van der Waals surface area contributed by atoms with Crippen molar-refractivity contribution in [3.8, 4) is 0 Å². The number of rotatable bonds is 5. The average molecular weight is 362 g/mol. The van der Waals surface area contributed by atoms with Gasteiger partial charge in [0.25, 0.3) is 0 Å². The average Bonchev–Trinajstić information content (AvgIpc) is 3.24. The van der Waals surface area contributed by atoms with E-state index in [-0.39, 0.29) is 5.91 Å². The molecule has 1 aliphatic carbocycles. The van der Waals surface area contributed by atoms with Crippen molar-refractivity contribution in [3.63, 3.8) is 0 Å². The summed E-state index contributed by atoms with van der Waals surface area (Å²) in [5.41, 5.74) is 1.12. The van der Waals surface area contributed by atoms with Crippen molar-refractivity contribution >= 4 is 16.8 Å². The lowest BCUT2D eigenvalue weighted by Gasteiger charge is -2.33. The molecule has 5 nitrogen and oxygen atoms in total. The van der Waals surface area contributed by atoms with Crippen LogP contribution in [-0.4, -0.2) is 38.0 Å². The van der Waals surface area contributed by atoms with Crippen LogP contribution in [0, 0.1) is 5.92 Å². The fourth-order valence-electron chi connectivity index (χ4n) is 4.35. The number of carbonyl (C=O) groups excluding carboxylic acids is 1. The molecule has 0 bridgehead atoms.